The molecule has 0 bridgehead atoms. The Morgan fingerprint density at radius 3 is 2.38 bits per heavy atom. The summed E-state index contributed by atoms with van der Waals surface area (Å²) in [6.45, 7) is 0. The van der Waals surface area contributed by atoms with Crippen LogP contribution in [0.1, 0.15) is 5.56 Å². The molecular formula is C19H16N6O. The van der Waals surface area contributed by atoms with E-state index < -0.39 is 0 Å². The topological polar surface area (TPSA) is 70.1 Å². The van der Waals surface area contributed by atoms with Crippen LogP contribution < -0.4 is 4.74 Å². The molecule has 0 atom stereocenters. The summed E-state index contributed by atoms with van der Waals surface area (Å²) < 4.78 is 8.62. The van der Waals surface area contributed by atoms with E-state index >= 15 is 0 Å². The van der Waals surface area contributed by atoms with E-state index in [1.807, 2.05) is 65.5 Å². The molecule has 0 saturated heterocycles. The first-order valence-electron chi connectivity index (χ1n) is 8.02. The van der Waals surface area contributed by atoms with Crippen LogP contribution in [0.25, 0.3) is 16.9 Å². The van der Waals surface area contributed by atoms with Crippen LogP contribution in [0.5, 0.6) is 5.75 Å². The molecule has 0 amide bonds. The molecule has 2 aromatic heterocycles. The van der Waals surface area contributed by atoms with Crippen LogP contribution in [0.3, 0.4) is 0 Å². The van der Waals surface area contributed by atoms with E-state index in [4.69, 9.17) is 9.84 Å². The predicted molar refractivity (Wildman–Crippen MR) is 98.6 cm³/mol. The summed E-state index contributed by atoms with van der Waals surface area (Å²) in [6.07, 6.45) is 6.76. The molecule has 0 N–H and O–H groups in total. The minimum absolute atomic E-state index is 0.802. The van der Waals surface area contributed by atoms with Crippen molar-refractivity contribution in [2.75, 3.05) is 7.11 Å². The number of para-hydroxylation sites is 1. The van der Waals surface area contributed by atoms with Gasteiger partial charge in [-0.3, -0.25) is 0 Å². The van der Waals surface area contributed by atoms with Crippen LogP contribution in [-0.4, -0.2) is 38.0 Å². The predicted octanol–water partition coefficient (Wildman–Crippen LogP) is 3.02. The summed E-state index contributed by atoms with van der Waals surface area (Å²) in [5, 5.41) is 16.6. The maximum atomic E-state index is 5.24. The SMILES string of the molecule is COc1ccc(-c2nn(-c3ccccc3)cc2/C=N\n2cnnc2)cc1. The minimum Gasteiger partial charge on any atom is -0.497 e. The summed E-state index contributed by atoms with van der Waals surface area (Å²) in [5.41, 5.74) is 3.66. The first kappa shape index (κ1) is 15.8. The molecule has 7 nitrogen and oxygen atoms in total. The molecule has 4 aromatic rings. The largest absolute Gasteiger partial charge is 0.497 e. The molecule has 128 valence electrons. The average Bonchev–Trinajstić information content (AvgIpc) is 3.37. The maximum Gasteiger partial charge on any atom is 0.141 e. The van der Waals surface area contributed by atoms with Gasteiger partial charge in [-0.2, -0.15) is 10.2 Å². The number of ether oxygens (including phenoxy) is 1. The maximum absolute atomic E-state index is 5.24. The lowest BCUT2D eigenvalue weighted by molar-refractivity contribution is 0.415. The Kier molecular flexibility index (Phi) is 4.26. The zero-order valence-electron chi connectivity index (χ0n) is 14.1. The van der Waals surface area contributed by atoms with Crippen LogP contribution in [0.15, 0.2) is 78.6 Å². The van der Waals surface area contributed by atoms with E-state index in [9.17, 15) is 0 Å². The fourth-order valence-corrected chi connectivity index (χ4v) is 2.55. The van der Waals surface area contributed by atoms with Crippen molar-refractivity contribution in [3.8, 4) is 22.7 Å². The van der Waals surface area contributed by atoms with Gasteiger partial charge in [0.15, 0.2) is 0 Å². The number of nitrogens with zero attached hydrogens (tertiary/aromatic N) is 6. The normalized spacial score (nSPS) is 11.1. The summed E-state index contributed by atoms with van der Waals surface area (Å²) in [6, 6.07) is 17.7. The van der Waals surface area contributed by atoms with Crippen molar-refractivity contribution in [1.29, 1.82) is 0 Å². The highest BCUT2D eigenvalue weighted by molar-refractivity contribution is 5.88. The van der Waals surface area contributed by atoms with Gasteiger partial charge < -0.3 is 4.74 Å². The second-order valence-electron chi connectivity index (χ2n) is 5.53. The first-order chi connectivity index (χ1) is 12.8. The lowest BCUT2D eigenvalue weighted by Gasteiger charge is -2.02. The number of benzene rings is 2. The van der Waals surface area contributed by atoms with Gasteiger partial charge >= 0.3 is 0 Å². The van der Waals surface area contributed by atoms with Crippen molar-refractivity contribution in [2.24, 2.45) is 5.10 Å². The number of hydrogen-bond donors (Lipinski definition) is 0. The summed E-state index contributed by atoms with van der Waals surface area (Å²) in [7, 11) is 1.65. The highest BCUT2D eigenvalue weighted by Crippen LogP contribution is 2.25. The zero-order valence-corrected chi connectivity index (χ0v) is 14.1. The number of rotatable bonds is 5. The Labute approximate surface area is 150 Å². The van der Waals surface area contributed by atoms with Gasteiger partial charge in [-0.1, -0.05) is 18.2 Å². The van der Waals surface area contributed by atoms with E-state index in [0.717, 1.165) is 28.3 Å². The van der Waals surface area contributed by atoms with E-state index in [-0.39, 0.29) is 0 Å². The molecule has 2 heterocycles. The molecule has 0 aliphatic carbocycles. The average molecular weight is 344 g/mol. The van der Waals surface area contributed by atoms with E-state index in [0.29, 0.717) is 0 Å². The smallest absolute Gasteiger partial charge is 0.141 e. The highest BCUT2D eigenvalue weighted by Gasteiger charge is 2.11. The van der Waals surface area contributed by atoms with Gasteiger partial charge in [-0.25, -0.2) is 9.36 Å². The van der Waals surface area contributed by atoms with Crippen LogP contribution in [0.4, 0.5) is 0 Å². The van der Waals surface area contributed by atoms with E-state index in [2.05, 4.69) is 15.3 Å². The van der Waals surface area contributed by atoms with Crippen LogP contribution in [-0.2, 0) is 0 Å². The monoisotopic (exact) mass is 344 g/mol. The molecule has 4 rings (SSSR count). The molecule has 0 unspecified atom stereocenters. The Morgan fingerprint density at radius 1 is 0.962 bits per heavy atom. The summed E-state index contributed by atoms with van der Waals surface area (Å²) in [4.78, 5) is 0. The van der Waals surface area contributed by atoms with Gasteiger partial charge in [-0.15, -0.1) is 10.2 Å². The van der Waals surface area contributed by atoms with Crippen molar-refractivity contribution in [1.82, 2.24) is 24.7 Å². The van der Waals surface area contributed by atoms with E-state index in [1.54, 1.807) is 13.3 Å². The molecule has 2 aromatic carbocycles. The van der Waals surface area contributed by atoms with Crippen LogP contribution in [0.2, 0.25) is 0 Å². The summed E-state index contributed by atoms with van der Waals surface area (Å²) in [5.74, 6) is 0.802. The Morgan fingerprint density at radius 2 is 1.69 bits per heavy atom. The second kappa shape index (κ2) is 7.02. The van der Waals surface area contributed by atoms with Gasteiger partial charge in [0, 0.05) is 17.3 Å². The van der Waals surface area contributed by atoms with E-state index in [1.165, 1.54) is 17.3 Å². The van der Waals surface area contributed by atoms with Gasteiger partial charge in [0.05, 0.1) is 19.0 Å². The van der Waals surface area contributed by atoms with Gasteiger partial charge in [0.2, 0.25) is 0 Å². The fourth-order valence-electron chi connectivity index (χ4n) is 2.55. The molecule has 0 saturated carbocycles. The van der Waals surface area contributed by atoms with Crippen molar-refractivity contribution in [3.05, 3.63) is 79.0 Å². The fraction of sp³-hybridized carbons (Fsp3) is 0.0526. The zero-order chi connectivity index (χ0) is 17.8. The molecule has 0 aliphatic heterocycles. The molecule has 0 radical (unpaired) electrons. The lowest BCUT2D eigenvalue weighted by Crippen LogP contribution is -1.94. The standard InChI is InChI=1S/C19H16N6O/c1-26-18-9-7-15(8-10-18)19-16(11-22-24-13-20-21-14-24)12-25(23-19)17-5-3-2-4-6-17/h2-14H,1H3/b22-11-. The highest BCUT2D eigenvalue weighted by atomic mass is 16.5. The van der Waals surface area contributed by atoms with Gasteiger partial charge in [0.1, 0.15) is 24.1 Å². The molecule has 0 fully saturated rings. The Balaban J connectivity index is 1.77. The van der Waals surface area contributed by atoms with Crippen molar-refractivity contribution in [2.45, 2.75) is 0 Å². The second-order valence-corrected chi connectivity index (χ2v) is 5.53. The quantitative estimate of drug-likeness (QED) is 0.522. The van der Waals surface area contributed by atoms with Gasteiger partial charge in [-0.05, 0) is 36.4 Å². The molecule has 26 heavy (non-hydrogen) atoms. The number of hydrogen-bond acceptors (Lipinski definition) is 5. The van der Waals surface area contributed by atoms with Crippen molar-refractivity contribution >= 4 is 6.21 Å². The first-order valence-corrected chi connectivity index (χ1v) is 8.02. The molecule has 7 heteroatoms. The third-order valence-electron chi connectivity index (χ3n) is 3.86. The molecular weight excluding hydrogens is 328 g/mol. The Hall–Kier alpha value is -3.74. The Bertz CT molecular complexity index is 1000. The molecule has 0 aliphatic rings. The third kappa shape index (κ3) is 3.23. The van der Waals surface area contributed by atoms with Crippen LogP contribution in [0, 0.1) is 0 Å². The van der Waals surface area contributed by atoms with Crippen molar-refractivity contribution in [3.63, 3.8) is 0 Å². The number of aromatic nitrogens is 5. The molecule has 0 spiro atoms. The van der Waals surface area contributed by atoms with Crippen LogP contribution >= 0.6 is 0 Å². The number of methoxy groups -OCH3 is 1. The lowest BCUT2D eigenvalue weighted by atomic mass is 10.1. The third-order valence-corrected chi connectivity index (χ3v) is 3.86. The van der Waals surface area contributed by atoms with Gasteiger partial charge in [0.25, 0.3) is 0 Å². The minimum atomic E-state index is 0.802. The summed E-state index contributed by atoms with van der Waals surface area (Å²) >= 11 is 0. The van der Waals surface area contributed by atoms with Crippen molar-refractivity contribution < 1.29 is 4.74 Å².